The summed E-state index contributed by atoms with van der Waals surface area (Å²) in [6.07, 6.45) is 1.70. The van der Waals surface area contributed by atoms with Crippen LogP contribution >= 0.6 is 15.9 Å². The van der Waals surface area contributed by atoms with Gasteiger partial charge in [-0.1, -0.05) is 15.9 Å². The van der Waals surface area contributed by atoms with E-state index >= 15 is 0 Å². The lowest BCUT2D eigenvalue weighted by atomic mass is 10.2. The maximum atomic E-state index is 13.3. The number of anilines is 1. The van der Waals surface area contributed by atoms with Crippen LogP contribution in [0.15, 0.2) is 65.3 Å². The Morgan fingerprint density at radius 3 is 2.73 bits per heavy atom. The van der Waals surface area contributed by atoms with Crippen LogP contribution in [0.4, 0.5) is 14.9 Å². The van der Waals surface area contributed by atoms with E-state index in [0.29, 0.717) is 24.6 Å². The maximum Gasteiger partial charge on any atom is 0.319 e. The largest absolute Gasteiger partial charge is 0.336 e. The molecular formula is C22H19BrFN5O. The molecule has 0 saturated heterocycles. The Kier molecular flexibility index (Phi) is 5.76. The van der Waals surface area contributed by atoms with E-state index in [0.717, 1.165) is 26.8 Å². The predicted molar refractivity (Wildman–Crippen MR) is 119 cm³/mol. The van der Waals surface area contributed by atoms with Crippen LogP contribution in [0.3, 0.4) is 0 Å². The van der Waals surface area contributed by atoms with Gasteiger partial charge in [0.1, 0.15) is 17.2 Å². The Labute approximate surface area is 181 Å². The Bertz CT molecular complexity index is 1210. The minimum Gasteiger partial charge on any atom is -0.336 e. The zero-order valence-corrected chi connectivity index (χ0v) is 17.8. The van der Waals surface area contributed by atoms with Crippen molar-refractivity contribution in [3.63, 3.8) is 0 Å². The zero-order valence-electron chi connectivity index (χ0n) is 16.2. The second kappa shape index (κ2) is 8.62. The van der Waals surface area contributed by atoms with E-state index in [4.69, 9.17) is 0 Å². The lowest BCUT2D eigenvalue weighted by molar-refractivity contribution is 0.251. The average Bonchev–Trinajstić information content (AvgIpc) is 3.10. The van der Waals surface area contributed by atoms with E-state index in [9.17, 15) is 9.18 Å². The number of amides is 2. The SMILES string of the molecule is Cc1cc(NC(=O)NCCn2c(-c3ccc(F)cc3)nc3cccnc32)ccc1Br. The van der Waals surface area contributed by atoms with Crippen molar-refractivity contribution in [3.05, 3.63) is 76.6 Å². The first-order valence-corrected chi connectivity index (χ1v) is 10.2. The standard InChI is InChI=1S/C22H19BrFN5O/c1-14-13-17(8-9-18(14)23)27-22(30)26-11-12-29-20(15-4-6-16(24)7-5-15)28-19-3-2-10-25-21(19)29/h2-10,13H,11-12H2,1H3,(H2,26,27,30). The van der Waals surface area contributed by atoms with Gasteiger partial charge in [-0.25, -0.2) is 19.2 Å². The van der Waals surface area contributed by atoms with E-state index < -0.39 is 0 Å². The van der Waals surface area contributed by atoms with Crippen LogP contribution in [0.25, 0.3) is 22.6 Å². The quantitative estimate of drug-likeness (QED) is 0.427. The van der Waals surface area contributed by atoms with Crippen LogP contribution in [0.2, 0.25) is 0 Å². The average molecular weight is 468 g/mol. The molecule has 0 unspecified atom stereocenters. The molecule has 4 rings (SSSR count). The molecule has 0 saturated carbocycles. The summed E-state index contributed by atoms with van der Waals surface area (Å²) >= 11 is 3.45. The third-order valence-electron chi connectivity index (χ3n) is 4.64. The Hall–Kier alpha value is -3.26. The van der Waals surface area contributed by atoms with Crippen LogP contribution < -0.4 is 10.6 Å². The number of aryl methyl sites for hydroxylation is 1. The summed E-state index contributed by atoms with van der Waals surface area (Å²) in [6.45, 7) is 2.80. The summed E-state index contributed by atoms with van der Waals surface area (Å²) < 4.78 is 16.2. The smallest absolute Gasteiger partial charge is 0.319 e. The molecule has 0 aliphatic rings. The van der Waals surface area contributed by atoms with Crippen molar-refractivity contribution in [3.8, 4) is 11.4 Å². The molecule has 2 aromatic heterocycles. The van der Waals surface area contributed by atoms with Crippen molar-refractivity contribution >= 4 is 38.8 Å². The molecule has 0 fully saturated rings. The summed E-state index contributed by atoms with van der Waals surface area (Å²) in [4.78, 5) is 21.3. The molecule has 0 radical (unpaired) electrons. The van der Waals surface area contributed by atoms with Crippen LogP contribution in [-0.4, -0.2) is 27.1 Å². The second-order valence-electron chi connectivity index (χ2n) is 6.78. The van der Waals surface area contributed by atoms with Gasteiger partial charge in [0.2, 0.25) is 0 Å². The molecule has 152 valence electrons. The molecule has 0 atom stereocenters. The fourth-order valence-electron chi connectivity index (χ4n) is 3.17. The number of fused-ring (bicyclic) bond motifs is 1. The highest BCUT2D eigenvalue weighted by atomic mass is 79.9. The van der Waals surface area contributed by atoms with Gasteiger partial charge in [0.15, 0.2) is 5.65 Å². The highest BCUT2D eigenvalue weighted by molar-refractivity contribution is 9.10. The number of hydrogen-bond donors (Lipinski definition) is 2. The number of benzene rings is 2. The highest BCUT2D eigenvalue weighted by Crippen LogP contribution is 2.24. The van der Waals surface area contributed by atoms with E-state index in [1.165, 1.54) is 12.1 Å². The van der Waals surface area contributed by atoms with Crippen molar-refractivity contribution in [1.82, 2.24) is 19.9 Å². The highest BCUT2D eigenvalue weighted by Gasteiger charge is 2.14. The number of imidazole rings is 1. The van der Waals surface area contributed by atoms with E-state index in [2.05, 4.69) is 36.5 Å². The van der Waals surface area contributed by atoms with Crippen LogP contribution in [0.1, 0.15) is 5.56 Å². The van der Waals surface area contributed by atoms with Gasteiger partial charge in [0.05, 0.1) is 0 Å². The summed E-state index contributed by atoms with van der Waals surface area (Å²) in [6, 6.07) is 15.2. The topological polar surface area (TPSA) is 71.8 Å². The van der Waals surface area contributed by atoms with Crippen LogP contribution in [0.5, 0.6) is 0 Å². The van der Waals surface area contributed by atoms with Crippen molar-refractivity contribution in [1.29, 1.82) is 0 Å². The van der Waals surface area contributed by atoms with Gasteiger partial charge in [-0.2, -0.15) is 0 Å². The monoisotopic (exact) mass is 467 g/mol. The fraction of sp³-hybridized carbons (Fsp3) is 0.136. The third kappa shape index (κ3) is 4.33. The fourth-order valence-corrected chi connectivity index (χ4v) is 3.42. The Balaban J connectivity index is 1.49. The van der Waals surface area contributed by atoms with E-state index in [1.807, 2.05) is 41.8 Å². The number of nitrogens with one attached hydrogen (secondary N) is 2. The van der Waals surface area contributed by atoms with Crippen molar-refractivity contribution < 1.29 is 9.18 Å². The minimum absolute atomic E-state index is 0.294. The molecule has 30 heavy (non-hydrogen) atoms. The molecule has 2 N–H and O–H groups in total. The number of nitrogens with zero attached hydrogens (tertiary/aromatic N) is 3. The molecule has 0 aliphatic carbocycles. The molecule has 2 aromatic carbocycles. The maximum absolute atomic E-state index is 13.3. The summed E-state index contributed by atoms with van der Waals surface area (Å²) in [7, 11) is 0. The Morgan fingerprint density at radius 2 is 1.97 bits per heavy atom. The summed E-state index contributed by atoms with van der Waals surface area (Å²) in [5.74, 6) is 0.371. The van der Waals surface area contributed by atoms with Crippen LogP contribution in [0, 0.1) is 12.7 Å². The lowest BCUT2D eigenvalue weighted by Crippen LogP contribution is -2.31. The number of aromatic nitrogens is 3. The van der Waals surface area contributed by atoms with E-state index in [1.54, 1.807) is 18.3 Å². The van der Waals surface area contributed by atoms with Gasteiger partial charge in [-0.15, -0.1) is 0 Å². The number of rotatable bonds is 5. The van der Waals surface area contributed by atoms with Gasteiger partial charge in [0, 0.05) is 35.0 Å². The normalized spacial score (nSPS) is 10.9. The number of carbonyl (C=O) groups excluding carboxylic acids is 1. The van der Waals surface area contributed by atoms with E-state index in [-0.39, 0.29) is 11.8 Å². The first-order chi connectivity index (χ1) is 14.5. The zero-order chi connectivity index (χ0) is 21.1. The molecule has 8 heteroatoms. The van der Waals surface area contributed by atoms with Gasteiger partial charge in [-0.3, -0.25) is 0 Å². The number of pyridine rings is 1. The van der Waals surface area contributed by atoms with Gasteiger partial charge in [-0.05, 0) is 67.1 Å². The first kappa shape index (κ1) is 20.0. The summed E-state index contributed by atoms with van der Waals surface area (Å²) in [5.41, 5.74) is 3.99. The molecule has 0 aliphatic heterocycles. The molecular weight excluding hydrogens is 449 g/mol. The number of halogens is 2. The van der Waals surface area contributed by atoms with Gasteiger partial charge < -0.3 is 15.2 Å². The van der Waals surface area contributed by atoms with Crippen molar-refractivity contribution in [2.24, 2.45) is 0 Å². The minimum atomic E-state index is -0.305. The molecule has 0 spiro atoms. The lowest BCUT2D eigenvalue weighted by Gasteiger charge is -2.11. The molecule has 2 heterocycles. The predicted octanol–water partition coefficient (Wildman–Crippen LogP) is 5.13. The van der Waals surface area contributed by atoms with Gasteiger partial charge >= 0.3 is 6.03 Å². The molecule has 6 nitrogen and oxygen atoms in total. The second-order valence-corrected chi connectivity index (χ2v) is 7.64. The number of hydrogen-bond acceptors (Lipinski definition) is 3. The molecule has 2 amide bonds. The number of carbonyl (C=O) groups is 1. The summed E-state index contributed by atoms with van der Waals surface area (Å²) in [5, 5.41) is 5.68. The van der Waals surface area contributed by atoms with Crippen molar-refractivity contribution in [2.75, 3.05) is 11.9 Å². The van der Waals surface area contributed by atoms with Crippen LogP contribution in [-0.2, 0) is 6.54 Å². The molecule has 4 aromatic rings. The van der Waals surface area contributed by atoms with Crippen molar-refractivity contribution in [2.45, 2.75) is 13.5 Å². The van der Waals surface area contributed by atoms with Gasteiger partial charge in [0.25, 0.3) is 0 Å². The third-order valence-corrected chi connectivity index (χ3v) is 5.53. The number of urea groups is 1. The molecule has 0 bridgehead atoms. The Morgan fingerprint density at radius 1 is 1.17 bits per heavy atom. The first-order valence-electron chi connectivity index (χ1n) is 9.39.